The molecule has 0 saturated heterocycles. The van der Waals surface area contributed by atoms with E-state index in [-0.39, 0.29) is 18.7 Å². The number of halogens is 2. The highest BCUT2D eigenvalue weighted by atomic mass is 19.1. The van der Waals surface area contributed by atoms with Gasteiger partial charge in [-0.2, -0.15) is 0 Å². The SMILES string of the molecule is CC(O)CNCC(O)c1c(F)cccc1F. The highest BCUT2D eigenvalue weighted by molar-refractivity contribution is 5.22. The van der Waals surface area contributed by atoms with Crippen molar-refractivity contribution in [1.29, 1.82) is 0 Å². The molecule has 0 saturated carbocycles. The van der Waals surface area contributed by atoms with E-state index < -0.39 is 23.8 Å². The maximum absolute atomic E-state index is 13.2. The molecule has 0 aliphatic heterocycles. The zero-order chi connectivity index (χ0) is 12.1. The number of hydrogen-bond acceptors (Lipinski definition) is 3. The molecule has 1 aromatic carbocycles. The minimum Gasteiger partial charge on any atom is -0.392 e. The summed E-state index contributed by atoms with van der Waals surface area (Å²) in [5, 5.41) is 21.2. The van der Waals surface area contributed by atoms with Gasteiger partial charge < -0.3 is 15.5 Å². The van der Waals surface area contributed by atoms with Gasteiger partial charge in [0.05, 0.1) is 17.8 Å². The summed E-state index contributed by atoms with van der Waals surface area (Å²) >= 11 is 0. The van der Waals surface area contributed by atoms with E-state index in [0.29, 0.717) is 0 Å². The predicted molar refractivity (Wildman–Crippen MR) is 55.9 cm³/mol. The Morgan fingerprint density at radius 2 is 1.75 bits per heavy atom. The van der Waals surface area contributed by atoms with Crippen molar-refractivity contribution in [1.82, 2.24) is 5.32 Å². The molecule has 16 heavy (non-hydrogen) atoms. The van der Waals surface area contributed by atoms with Gasteiger partial charge in [0, 0.05) is 13.1 Å². The predicted octanol–water partition coefficient (Wildman–Crippen LogP) is 0.969. The second-order valence-corrected chi connectivity index (χ2v) is 3.66. The first-order chi connectivity index (χ1) is 7.52. The van der Waals surface area contributed by atoms with Crippen LogP contribution in [0.3, 0.4) is 0 Å². The molecule has 0 spiro atoms. The Kier molecular flexibility index (Phi) is 4.79. The summed E-state index contributed by atoms with van der Waals surface area (Å²) in [6.45, 7) is 1.82. The number of nitrogens with one attached hydrogen (secondary N) is 1. The number of aliphatic hydroxyl groups excluding tert-OH is 2. The monoisotopic (exact) mass is 231 g/mol. The van der Waals surface area contributed by atoms with Gasteiger partial charge in [0.1, 0.15) is 11.6 Å². The van der Waals surface area contributed by atoms with Crippen LogP contribution in [0.2, 0.25) is 0 Å². The average molecular weight is 231 g/mol. The number of benzene rings is 1. The lowest BCUT2D eigenvalue weighted by molar-refractivity contribution is 0.149. The maximum atomic E-state index is 13.2. The Hall–Kier alpha value is -1.04. The zero-order valence-corrected chi connectivity index (χ0v) is 8.95. The lowest BCUT2D eigenvalue weighted by Crippen LogP contribution is -2.29. The van der Waals surface area contributed by atoms with Crippen molar-refractivity contribution in [3.05, 3.63) is 35.4 Å². The van der Waals surface area contributed by atoms with E-state index in [4.69, 9.17) is 5.11 Å². The molecule has 3 nitrogen and oxygen atoms in total. The smallest absolute Gasteiger partial charge is 0.131 e. The molecule has 0 aliphatic rings. The highest BCUT2D eigenvalue weighted by Gasteiger charge is 2.17. The van der Waals surface area contributed by atoms with Crippen molar-refractivity contribution >= 4 is 0 Å². The van der Waals surface area contributed by atoms with Gasteiger partial charge >= 0.3 is 0 Å². The van der Waals surface area contributed by atoms with Crippen LogP contribution in [0.1, 0.15) is 18.6 Å². The number of aliphatic hydroxyl groups is 2. The lowest BCUT2D eigenvalue weighted by atomic mass is 10.1. The lowest BCUT2D eigenvalue weighted by Gasteiger charge is -2.14. The molecule has 0 radical (unpaired) electrons. The normalized spacial score (nSPS) is 14.8. The molecule has 0 bridgehead atoms. The molecule has 1 aromatic rings. The molecule has 0 aliphatic carbocycles. The fourth-order valence-corrected chi connectivity index (χ4v) is 1.36. The topological polar surface area (TPSA) is 52.5 Å². The quantitative estimate of drug-likeness (QED) is 0.707. The van der Waals surface area contributed by atoms with Gasteiger partial charge in [-0.3, -0.25) is 0 Å². The van der Waals surface area contributed by atoms with Crippen LogP contribution in [-0.4, -0.2) is 29.4 Å². The maximum Gasteiger partial charge on any atom is 0.131 e. The molecule has 5 heteroatoms. The Labute approximate surface area is 92.7 Å². The van der Waals surface area contributed by atoms with Gasteiger partial charge in [0.15, 0.2) is 0 Å². The molecule has 0 heterocycles. The first-order valence-corrected chi connectivity index (χ1v) is 5.03. The van der Waals surface area contributed by atoms with E-state index in [1.807, 2.05) is 0 Å². The molecule has 90 valence electrons. The summed E-state index contributed by atoms with van der Waals surface area (Å²) in [6, 6.07) is 3.43. The standard InChI is InChI=1S/C11H15F2NO2/c1-7(15)5-14-6-10(16)11-8(12)3-2-4-9(11)13/h2-4,7,10,14-16H,5-6H2,1H3. The summed E-state index contributed by atoms with van der Waals surface area (Å²) in [5.41, 5.74) is -0.347. The van der Waals surface area contributed by atoms with E-state index in [2.05, 4.69) is 5.32 Å². The molecule has 2 unspecified atom stereocenters. The summed E-state index contributed by atoms with van der Waals surface area (Å²) in [5.74, 6) is -1.54. The van der Waals surface area contributed by atoms with Crippen molar-refractivity contribution in [2.24, 2.45) is 0 Å². The molecule has 0 fully saturated rings. The van der Waals surface area contributed by atoms with Crippen molar-refractivity contribution in [2.75, 3.05) is 13.1 Å². The molecule has 2 atom stereocenters. The van der Waals surface area contributed by atoms with Gasteiger partial charge in [0.2, 0.25) is 0 Å². The second kappa shape index (κ2) is 5.89. The first kappa shape index (κ1) is 13.0. The largest absolute Gasteiger partial charge is 0.392 e. The third kappa shape index (κ3) is 3.52. The van der Waals surface area contributed by atoms with Crippen LogP contribution in [0.5, 0.6) is 0 Å². The van der Waals surface area contributed by atoms with E-state index in [0.717, 1.165) is 12.1 Å². The molecule has 0 amide bonds. The Morgan fingerprint density at radius 1 is 1.19 bits per heavy atom. The molecule has 1 rings (SSSR count). The molecule has 3 N–H and O–H groups in total. The summed E-state index contributed by atoms with van der Waals surface area (Å²) in [7, 11) is 0. The van der Waals surface area contributed by atoms with E-state index in [1.54, 1.807) is 6.92 Å². The van der Waals surface area contributed by atoms with Crippen molar-refractivity contribution < 1.29 is 19.0 Å². The fourth-order valence-electron chi connectivity index (χ4n) is 1.36. The van der Waals surface area contributed by atoms with Gasteiger partial charge in [-0.1, -0.05) is 6.07 Å². The minimum absolute atomic E-state index is 0.0112. The Bertz CT molecular complexity index is 325. The van der Waals surface area contributed by atoms with E-state index >= 15 is 0 Å². The van der Waals surface area contributed by atoms with Crippen LogP contribution in [-0.2, 0) is 0 Å². The number of rotatable bonds is 5. The van der Waals surface area contributed by atoms with Crippen LogP contribution in [0.15, 0.2) is 18.2 Å². The van der Waals surface area contributed by atoms with Crippen molar-refractivity contribution in [3.63, 3.8) is 0 Å². The van der Waals surface area contributed by atoms with Gasteiger partial charge in [-0.15, -0.1) is 0 Å². The number of hydrogen-bond donors (Lipinski definition) is 3. The molecule has 0 aromatic heterocycles. The third-order valence-electron chi connectivity index (χ3n) is 2.11. The summed E-state index contributed by atoms with van der Waals surface area (Å²) in [6.07, 6.45) is -1.84. The van der Waals surface area contributed by atoms with Crippen LogP contribution in [0.4, 0.5) is 8.78 Å². The van der Waals surface area contributed by atoms with Crippen molar-refractivity contribution in [3.8, 4) is 0 Å². The van der Waals surface area contributed by atoms with E-state index in [1.165, 1.54) is 6.07 Å². The zero-order valence-electron chi connectivity index (χ0n) is 8.95. The third-order valence-corrected chi connectivity index (χ3v) is 2.11. The first-order valence-electron chi connectivity index (χ1n) is 5.03. The fraction of sp³-hybridized carbons (Fsp3) is 0.455. The Morgan fingerprint density at radius 3 is 2.25 bits per heavy atom. The average Bonchev–Trinajstić information content (AvgIpc) is 2.16. The second-order valence-electron chi connectivity index (χ2n) is 3.66. The summed E-state index contributed by atoms with van der Waals surface area (Å²) in [4.78, 5) is 0. The van der Waals surface area contributed by atoms with Crippen LogP contribution in [0, 0.1) is 11.6 Å². The van der Waals surface area contributed by atoms with Gasteiger partial charge in [-0.05, 0) is 19.1 Å². The molecular formula is C11H15F2NO2. The highest BCUT2D eigenvalue weighted by Crippen LogP contribution is 2.19. The summed E-state index contributed by atoms with van der Waals surface area (Å²) < 4.78 is 26.4. The van der Waals surface area contributed by atoms with Crippen molar-refractivity contribution in [2.45, 2.75) is 19.1 Å². The van der Waals surface area contributed by atoms with Crippen LogP contribution in [0.25, 0.3) is 0 Å². The Balaban J connectivity index is 2.62. The van der Waals surface area contributed by atoms with E-state index in [9.17, 15) is 13.9 Å². The van der Waals surface area contributed by atoms with Gasteiger partial charge in [0.25, 0.3) is 0 Å². The van der Waals surface area contributed by atoms with Crippen LogP contribution >= 0.6 is 0 Å². The molecular weight excluding hydrogens is 216 g/mol. The van der Waals surface area contributed by atoms with Crippen LogP contribution < -0.4 is 5.32 Å². The van der Waals surface area contributed by atoms with Gasteiger partial charge in [-0.25, -0.2) is 8.78 Å². The minimum atomic E-state index is -1.26.